The van der Waals surface area contributed by atoms with Gasteiger partial charge in [-0.25, -0.2) is 5.43 Å². The summed E-state index contributed by atoms with van der Waals surface area (Å²) in [6.45, 7) is 0. The molecule has 1 aromatic heterocycles. The summed E-state index contributed by atoms with van der Waals surface area (Å²) in [7, 11) is -4.08. The molecule has 3 aromatic carbocycles. The number of aromatic amines is 1. The molecule has 1 heterocycles. The van der Waals surface area contributed by atoms with Crippen molar-refractivity contribution in [1.29, 1.82) is 0 Å². The van der Waals surface area contributed by atoms with E-state index in [4.69, 9.17) is 5.14 Å². The van der Waals surface area contributed by atoms with Crippen LogP contribution in [-0.2, 0) is 10.3 Å². The van der Waals surface area contributed by atoms with Crippen LogP contribution in [0, 0.1) is 0 Å². The number of hydrogen-bond donors (Lipinski definition) is 3. The van der Waals surface area contributed by atoms with Gasteiger partial charge in [-0.1, -0.05) is 48.5 Å². The number of hydrazone groups is 1. The highest BCUT2D eigenvalue weighted by molar-refractivity contribution is 7.84. The summed E-state index contributed by atoms with van der Waals surface area (Å²) < 4.78 is 26.5. The van der Waals surface area contributed by atoms with Crippen LogP contribution in [0.15, 0.2) is 84.0 Å². The summed E-state index contributed by atoms with van der Waals surface area (Å²) >= 11 is 0. The molecule has 4 rings (SSSR count). The minimum absolute atomic E-state index is 0.0780. The molecule has 0 fully saturated rings. The summed E-state index contributed by atoms with van der Waals surface area (Å²) in [5.74, 6) is -0.310. The van der Waals surface area contributed by atoms with Gasteiger partial charge in [0.1, 0.15) is 11.4 Å². The lowest BCUT2D eigenvalue weighted by Crippen LogP contribution is -2.19. The summed E-state index contributed by atoms with van der Waals surface area (Å²) in [4.78, 5) is 16.0. The van der Waals surface area contributed by atoms with Gasteiger partial charge in [-0.3, -0.25) is 4.79 Å². The lowest BCUT2D eigenvalue weighted by Gasteiger charge is -2.04. The fraction of sp³-hybridized carbons (Fsp3) is 0. The maximum Gasteiger partial charge on any atom is 0.380 e. The van der Waals surface area contributed by atoms with E-state index in [-0.39, 0.29) is 11.7 Å². The molecule has 31 heavy (non-hydrogen) atoms. The highest BCUT2D eigenvalue weighted by atomic mass is 32.2. The summed E-state index contributed by atoms with van der Waals surface area (Å²) in [6, 6.07) is 23.3. The number of nitrogens with two attached hydrogens (primary N) is 1. The van der Waals surface area contributed by atoms with Gasteiger partial charge in [-0.2, -0.15) is 18.7 Å². The first-order valence-corrected chi connectivity index (χ1v) is 10.7. The molecule has 8 nitrogen and oxygen atoms in total. The molecular weight excluding hydrogens is 416 g/mol. The minimum atomic E-state index is -4.08. The quantitative estimate of drug-likeness (QED) is 0.318. The lowest BCUT2D eigenvalue weighted by molar-refractivity contribution is 0.0951. The molecule has 0 bridgehead atoms. The first-order valence-electron chi connectivity index (χ1n) is 9.22. The van der Waals surface area contributed by atoms with E-state index in [0.29, 0.717) is 11.3 Å². The van der Waals surface area contributed by atoms with Crippen LogP contribution in [0.25, 0.3) is 22.0 Å². The predicted octanol–water partition coefficient (Wildman–Crippen LogP) is 3.18. The molecule has 4 aromatic rings. The molecule has 9 heteroatoms. The standard InChI is InChI=1S/C22H18N4O4S/c23-31(28,29)30-17-12-10-15(11-13-17)14-24-26-22(27)21-20(16-6-2-1-3-7-16)18-8-4-5-9-19(18)25-21/h1-14,25H,(H,26,27)(H2,23,28,29). The van der Waals surface area contributed by atoms with Gasteiger partial charge in [-0.05, 0) is 41.5 Å². The number of aromatic nitrogens is 1. The molecule has 0 atom stereocenters. The van der Waals surface area contributed by atoms with Crippen molar-refractivity contribution in [1.82, 2.24) is 10.4 Å². The Morgan fingerprint density at radius 2 is 1.65 bits per heavy atom. The van der Waals surface area contributed by atoms with Crippen LogP contribution in [0.2, 0.25) is 0 Å². The van der Waals surface area contributed by atoms with E-state index in [1.165, 1.54) is 18.3 Å². The Kier molecular flexibility index (Phi) is 5.52. The zero-order valence-electron chi connectivity index (χ0n) is 16.1. The van der Waals surface area contributed by atoms with Crippen molar-refractivity contribution in [2.45, 2.75) is 0 Å². The van der Waals surface area contributed by atoms with Crippen molar-refractivity contribution in [3.8, 4) is 16.9 Å². The number of H-pyrrole nitrogens is 1. The van der Waals surface area contributed by atoms with Crippen molar-refractivity contribution in [2.24, 2.45) is 10.2 Å². The first kappa shape index (κ1) is 20.3. The zero-order chi connectivity index (χ0) is 21.8. The van der Waals surface area contributed by atoms with E-state index in [1.807, 2.05) is 54.6 Å². The minimum Gasteiger partial charge on any atom is -0.371 e. The van der Waals surface area contributed by atoms with Gasteiger partial charge >= 0.3 is 10.3 Å². The topological polar surface area (TPSA) is 127 Å². The molecular formula is C22H18N4O4S. The van der Waals surface area contributed by atoms with Gasteiger partial charge in [0.25, 0.3) is 5.91 Å². The molecule has 156 valence electrons. The van der Waals surface area contributed by atoms with Gasteiger partial charge < -0.3 is 9.17 Å². The van der Waals surface area contributed by atoms with Gasteiger partial charge in [0, 0.05) is 16.5 Å². The van der Waals surface area contributed by atoms with E-state index >= 15 is 0 Å². The lowest BCUT2D eigenvalue weighted by atomic mass is 10.0. The molecule has 4 N–H and O–H groups in total. The molecule has 0 saturated heterocycles. The van der Waals surface area contributed by atoms with Crippen LogP contribution in [0.5, 0.6) is 5.75 Å². The van der Waals surface area contributed by atoms with E-state index < -0.39 is 10.3 Å². The number of carbonyl (C=O) groups excluding carboxylic acids is 1. The zero-order valence-corrected chi connectivity index (χ0v) is 17.0. The number of carbonyl (C=O) groups is 1. The van der Waals surface area contributed by atoms with Crippen LogP contribution in [0.4, 0.5) is 0 Å². The average molecular weight is 434 g/mol. The Balaban J connectivity index is 1.55. The fourth-order valence-corrected chi connectivity index (χ4v) is 3.56. The SMILES string of the molecule is NS(=O)(=O)Oc1ccc(C=NNC(=O)c2[nH]c3ccccc3c2-c2ccccc2)cc1. The van der Waals surface area contributed by atoms with Gasteiger partial charge in [0.05, 0.1) is 6.21 Å². The highest BCUT2D eigenvalue weighted by Gasteiger charge is 2.18. The molecule has 0 aliphatic rings. The smallest absolute Gasteiger partial charge is 0.371 e. The number of fused-ring (bicyclic) bond motifs is 1. The number of para-hydroxylation sites is 1. The number of nitrogens with zero attached hydrogens (tertiary/aromatic N) is 1. The highest BCUT2D eigenvalue weighted by Crippen LogP contribution is 2.32. The van der Waals surface area contributed by atoms with E-state index in [0.717, 1.165) is 22.0 Å². The van der Waals surface area contributed by atoms with Crippen LogP contribution >= 0.6 is 0 Å². The Labute approximate surface area is 178 Å². The van der Waals surface area contributed by atoms with E-state index in [9.17, 15) is 13.2 Å². The number of hydrogen-bond acceptors (Lipinski definition) is 5. The largest absolute Gasteiger partial charge is 0.380 e. The Morgan fingerprint density at radius 3 is 2.35 bits per heavy atom. The van der Waals surface area contributed by atoms with E-state index in [1.54, 1.807) is 12.1 Å². The van der Waals surface area contributed by atoms with Crippen LogP contribution < -0.4 is 14.7 Å². The van der Waals surface area contributed by atoms with E-state index in [2.05, 4.69) is 19.7 Å². The van der Waals surface area contributed by atoms with Gasteiger partial charge in [0.15, 0.2) is 0 Å². The third-order valence-corrected chi connectivity index (χ3v) is 4.89. The second-order valence-corrected chi connectivity index (χ2v) is 7.78. The summed E-state index contributed by atoms with van der Waals surface area (Å²) in [5.41, 5.74) is 6.12. The summed E-state index contributed by atoms with van der Waals surface area (Å²) in [5, 5.41) is 9.77. The van der Waals surface area contributed by atoms with Crippen molar-refractivity contribution < 1.29 is 17.4 Å². The van der Waals surface area contributed by atoms with Gasteiger partial charge in [0.2, 0.25) is 0 Å². The van der Waals surface area contributed by atoms with Crippen LogP contribution in [0.3, 0.4) is 0 Å². The predicted molar refractivity (Wildman–Crippen MR) is 119 cm³/mol. The molecule has 0 radical (unpaired) electrons. The second-order valence-electron chi connectivity index (χ2n) is 6.63. The normalized spacial score (nSPS) is 11.6. The molecule has 0 aliphatic heterocycles. The third kappa shape index (κ3) is 4.80. The number of nitrogens with one attached hydrogen (secondary N) is 2. The van der Waals surface area contributed by atoms with Crippen molar-refractivity contribution >= 4 is 33.3 Å². The Bertz CT molecular complexity index is 1360. The van der Waals surface area contributed by atoms with Crippen molar-refractivity contribution in [3.63, 3.8) is 0 Å². The average Bonchev–Trinajstić information content (AvgIpc) is 3.14. The molecule has 0 aliphatic carbocycles. The third-order valence-electron chi connectivity index (χ3n) is 4.47. The summed E-state index contributed by atoms with van der Waals surface area (Å²) in [6.07, 6.45) is 1.43. The molecule has 1 amide bonds. The van der Waals surface area contributed by atoms with Crippen molar-refractivity contribution in [3.05, 3.63) is 90.1 Å². The Morgan fingerprint density at radius 1 is 0.968 bits per heavy atom. The second kappa shape index (κ2) is 8.42. The van der Waals surface area contributed by atoms with Gasteiger partial charge in [-0.15, -0.1) is 0 Å². The van der Waals surface area contributed by atoms with Crippen LogP contribution in [-0.4, -0.2) is 25.5 Å². The molecule has 0 unspecified atom stereocenters. The fourth-order valence-electron chi connectivity index (χ4n) is 3.18. The maximum atomic E-state index is 12.9. The molecule has 0 spiro atoms. The van der Waals surface area contributed by atoms with Crippen molar-refractivity contribution in [2.75, 3.05) is 0 Å². The maximum absolute atomic E-state index is 12.9. The number of benzene rings is 3. The number of amides is 1. The Hall–Kier alpha value is -3.95. The molecule has 0 saturated carbocycles. The van der Waals surface area contributed by atoms with Crippen LogP contribution in [0.1, 0.15) is 16.1 Å². The number of rotatable bonds is 6. The first-order chi connectivity index (χ1) is 14.9. The monoisotopic (exact) mass is 434 g/mol.